The summed E-state index contributed by atoms with van der Waals surface area (Å²) in [4.78, 5) is 40.5. The van der Waals surface area contributed by atoms with Crippen molar-refractivity contribution < 1.29 is 22.7 Å². The Labute approximate surface area is 154 Å². The highest BCUT2D eigenvalue weighted by atomic mass is 19.4. The first-order valence-corrected chi connectivity index (χ1v) is 7.84. The van der Waals surface area contributed by atoms with Crippen LogP contribution in [0.2, 0.25) is 0 Å². The van der Waals surface area contributed by atoms with E-state index in [9.17, 15) is 27.6 Å². The number of aryl methyl sites for hydroxylation is 1. The summed E-state index contributed by atoms with van der Waals surface area (Å²) in [5, 5.41) is 2.31. The van der Waals surface area contributed by atoms with Crippen LogP contribution in [0.5, 0.6) is 5.75 Å². The van der Waals surface area contributed by atoms with Gasteiger partial charge in [0, 0.05) is 14.1 Å². The fourth-order valence-electron chi connectivity index (χ4n) is 2.64. The van der Waals surface area contributed by atoms with Gasteiger partial charge in [0.15, 0.2) is 16.9 Å². The number of nitrogens with one attached hydrogen (secondary N) is 1. The largest absolute Gasteiger partial charge is 0.573 e. The summed E-state index contributed by atoms with van der Waals surface area (Å²) in [5.41, 5.74) is -1.31. The number of amides is 1. The maximum absolute atomic E-state index is 12.5. The number of hydrogen-bond acceptors (Lipinski definition) is 5. The molecular weight excluding hydrogens is 383 g/mol. The molecule has 0 aliphatic carbocycles. The zero-order valence-corrected chi connectivity index (χ0v) is 14.6. The number of anilines is 1. The van der Waals surface area contributed by atoms with Crippen molar-refractivity contribution in [1.29, 1.82) is 0 Å². The first-order valence-electron chi connectivity index (χ1n) is 7.84. The van der Waals surface area contributed by atoms with Gasteiger partial charge in [-0.3, -0.25) is 18.7 Å². The number of ether oxygens (including phenoxy) is 1. The number of halogens is 3. The van der Waals surface area contributed by atoms with E-state index in [4.69, 9.17) is 0 Å². The normalized spacial score (nSPS) is 11.6. The second kappa shape index (κ2) is 6.87. The maximum Gasteiger partial charge on any atom is 0.573 e. The zero-order chi connectivity index (χ0) is 20.6. The van der Waals surface area contributed by atoms with Crippen LogP contribution in [-0.4, -0.2) is 31.0 Å². The first kappa shape index (κ1) is 19.2. The lowest BCUT2D eigenvalue weighted by atomic mass is 10.3. The molecule has 1 aromatic carbocycles. The average molecular weight is 397 g/mol. The quantitative estimate of drug-likeness (QED) is 0.707. The Kier molecular flexibility index (Phi) is 4.71. The third-order valence-electron chi connectivity index (χ3n) is 3.92. The molecule has 3 aromatic rings. The summed E-state index contributed by atoms with van der Waals surface area (Å²) < 4.78 is 44.5. The summed E-state index contributed by atoms with van der Waals surface area (Å²) in [6.07, 6.45) is -3.72. The predicted molar refractivity (Wildman–Crippen MR) is 92.0 cm³/mol. The van der Waals surface area contributed by atoms with Crippen LogP contribution in [0.1, 0.15) is 0 Å². The van der Waals surface area contributed by atoms with E-state index in [1.165, 1.54) is 43.2 Å². The van der Waals surface area contributed by atoms with E-state index < -0.39 is 35.8 Å². The number of nitrogens with zero attached hydrogens (tertiary/aromatic N) is 4. The number of carbonyl (C=O) groups excluding carboxylic acids is 1. The Morgan fingerprint density at radius 3 is 2.54 bits per heavy atom. The number of fused-ring (bicyclic) bond motifs is 1. The molecule has 0 aliphatic heterocycles. The Bertz CT molecular complexity index is 1180. The number of benzene rings is 1. The minimum Gasteiger partial charge on any atom is -0.404 e. The Morgan fingerprint density at radius 2 is 1.86 bits per heavy atom. The van der Waals surface area contributed by atoms with Gasteiger partial charge in [-0.2, -0.15) is 0 Å². The molecule has 0 bridgehead atoms. The monoisotopic (exact) mass is 397 g/mol. The van der Waals surface area contributed by atoms with E-state index in [-0.39, 0.29) is 16.9 Å². The third kappa shape index (κ3) is 3.61. The second-order valence-electron chi connectivity index (χ2n) is 5.84. The molecule has 1 amide bonds. The van der Waals surface area contributed by atoms with Crippen LogP contribution >= 0.6 is 0 Å². The van der Waals surface area contributed by atoms with E-state index in [1.807, 2.05) is 0 Å². The molecule has 12 heteroatoms. The molecule has 0 atom stereocenters. The molecule has 0 unspecified atom stereocenters. The van der Waals surface area contributed by atoms with Crippen molar-refractivity contribution in [2.75, 3.05) is 5.32 Å². The van der Waals surface area contributed by atoms with E-state index >= 15 is 0 Å². The molecule has 0 spiro atoms. The Morgan fingerprint density at radius 1 is 1.18 bits per heavy atom. The highest BCUT2D eigenvalue weighted by Crippen LogP contribution is 2.29. The molecular formula is C16H14F3N5O4. The van der Waals surface area contributed by atoms with Gasteiger partial charge in [0.2, 0.25) is 5.91 Å². The summed E-state index contributed by atoms with van der Waals surface area (Å²) in [6.45, 7) is -0.412. The summed E-state index contributed by atoms with van der Waals surface area (Å²) in [5.74, 6) is -1.29. The molecule has 9 nitrogen and oxygen atoms in total. The fraction of sp³-hybridized carbons (Fsp3) is 0.250. The van der Waals surface area contributed by atoms with Gasteiger partial charge >= 0.3 is 12.1 Å². The number of imidazole rings is 1. The van der Waals surface area contributed by atoms with Gasteiger partial charge in [0.1, 0.15) is 6.54 Å². The predicted octanol–water partition coefficient (Wildman–Crippen LogP) is 0.971. The molecule has 28 heavy (non-hydrogen) atoms. The Balaban J connectivity index is 1.90. The van der Waals surface area contributed by atoms with Gasteiger partial charge in [-0.25, -0.2) is 9.78 Å². The fourth-order valence-corrected chi connectivity index (χ4v) is 2.64. The molecule has 1 N–H and O–H groups in total. The number of carbonyl (C=O) groups is 1. The Hall–Kier alpha value is -3.57. The third-order valence-corrected chi connectivity index (χ3v) is 3.92. The van der Waals surface area contributed by atoms with Crippen molar-refractivity contribution >= 4 is 22.8 Å². The van der Waals surface area contributed by atoms with Gasteiger partial charge in [0.05, 0.1) is 12.0 Å². The molecule has 2 aromatic heterocycles. The molecule has 2 heterocycles. The second-order valence-corrected chi connectivity index (χ2v) is 5.84. The maximum atomic E-state index is 12.5. The zero-order valence-electron chi connectivity index (χ0n) is 14.6. The van der Waals surface area contributed by atoms with E-state index in [2.05, 4.69) is 15.0 Å². The van der Waals surface area contributed by atoms with E-state index in [0.29, 0.717) is 0 Å². The molecule has 0 aliphatic rings. The van der Waals surface area contributed by atoms with Crippen molar-refractivity contribution in [3.63, 3.8) is 0 Å². The van der Waals surface area contributed by atoms with Gasteiger partial charge in [0.25, 0.3) is 5.56 Å². The lowest BCUT2D eigenvalue weighted by Gasteiger charge is -2.14. The van der Waals surface area contributed by atoms with Crippen LogP contribution in [0.15, 0.2) is 40.2 Å². The van der Waals surface area contributed by atoms with Crippen molar-refractivity contribution in [2.45, 2.75) is 12.9 Å². The van der Waals surface area contributed by atoms with Gasteiger partial charge in [-0.15, -0.1) is 13.2 Å². The SMILES string of the molecule is Cn1c(=O)c2c(ncn2CC(=O)Nc2ccccc2OC(F)(F)F)n(C)c1=O. The number of hydrogen-bond donors (Lipinski definition) is 1. The van der Waals surface area contributed by atoms with Crippen molar-refractivity contribution in [2.24, 2.45) is 14.1 Å². The van der Waals surface area contributed by atoms with Crippen LogP contribution in [0.3, 0.4) is 0 Å². The highest BCUT2D eigenvalue weighted by molar-refractivity contribution is 5.92. The van der Waals surface area contributed by atoms with Gasteiger partial charge in [-0.1, -0.05) is 12.1 Å². The van der Waals surface area contributed by atoms with Crippen LogP contribution in [0.4, 0.5) is 18.9 Å². The average Bonchev–Trinajstić information content (AvgIpc) is 3.02. The van der Waals surface area contributed by atoms with Crippen molar-refractivity contribution in [1.82, 2.24) is 18.7 Å². The van der Waals surface area contributed by atoms with Crippen LogP contribution in [0, 0.1) is 0 Å². The van der Waals surface area contributed by atoms with Gasteiger partial charge < -0.3 is 14.6 Å². The number of para-hydroxylation sites is 2. The topological polar surface area (TPSA) is 100 Å². The molecule has 148 valence electrons. The van der Waals surface area contributed by atoms with E-state index in [0.717, 1.165) is 15.2 Å². The number of alkyl halides is 3. The van der Waals surface area contributed by atoms with Crippen LogP contribution in [0.25, 0.3) is 11.2 Å². The standard InChI is InChI=1S/C16H14F3N5O4/c1-22-13-12(14(26)23(2)15(22)27)24(8-20-13)7-11(25)21-9-5-3-4-6-10(9)28-16(17,18)19/h3-6,8H,7H2,1-2H3,(H,21,25). The lowest BCUT2D eigenvalue weighted by molar-refractivity contribution is -0.274. The molecule has 0 saturated heterocycles. The molecule has 0 radical (unpaired) electrons. The van der Waals surface area contributed by atoms with Gasteiger partial charge in [-0.05, 0) is 12.1 Å². The van der Waals surface area contributed by atoms with Crippen molar-refractivity contribution in [3.05, 3.63) is 51.4 Å². The summed E-state index contributed by atoms with van der Waals surface area (Å²) in [7, 11) is 2.71. The minimum absolute atomic E-state index is 0.0135. The lowest BCUT2D eigenvalue weighted by Crippen LogP contribution is -2.37. The van der Waals surface area contributed by atoms with Crippen molar-refractivity contribution in [3.8, 4) is 5.75 Å². The van der Waals surface area contributed by atoms with Crippen LogP contribution in [-0.2, 0) is 25.4 Å². The van der Waals surface area contributed by atoms with E-state index in [1.54, 1.807) is 0 Å². The minimum atomic E-state index is -4.92. The van der Waals surface area contributed by atoms with Crippen LogP contribution < -0.4 is 21.3 Å². The molecule has 0 saturated carbocycles. The molecule has 0 fully saturated rings. The summed E-state index contributed by atoms with van der Waals surface area (Å²) >= 11 is 0. The molecule has 3 rings (SSSR count). The first-order chi connectivity index (χ1) is 13.1. The number of aromatic nitrogens is 4. The number of rotatable bonds is 4. The highest BCUT2D eigenvalue weighted by Gasteiger charge is 2.32. The summed E-state index contributed by atoms with van der Waals surface area (Å²) in [6, 6.07) is 5.05. The smallest absolute Gasteiger partial charge is 0.404 e.